The molecule has 3 aromatic rings. The van der Waals surface area contributed by atoms with E-state index >= 15 is 0 Å². The second-order valence-corrected chi connectivity index (χ2v) is 7.34. The summed E-state index contributed by atoms with van der Waals surface area (Å²) in [6.07, 6.45) is 0.592. The van der Waals surface area contributed by atoms with Crippen LogP contribution in [0, 0.1) is 29.2 Å². The zero-order valence-corrected chi connectivity index (χ0v) is 16.3. The van der Waals surface area contributed by atoms with Crippen molar-refractivity contribution in [1.29, 1.82) is 0 Å². The molecule has 0 N–H and O–H groups in total. The Morgan fingerprint density at radius 3 is 1.87 bits per heavy atom. The van der Waals surface area contributed by atoms with E-state index in [-0.39, 0.29) is 11.1 Å². The van der Waals surface area contributed by atoms with Gasteiger partial charge >= 0.3 is 0 Å². The van der Waals surface area contributed by atoms with E-state index in [1.165, 1.54) is 12.1 Å². The highest BCUT2D eigenvalue weighted by Gasteiger charge is 2.22. The predicted molar refractivity (Wildman–Crippen MR) is 106 cm³/mol. The average molecular weight is 416 g/mol. The molecule has 156 valence electrons. The lowest BCUT2D eigenvalue weighted by Gasteiger charge is -2.29. The lowest BCUT2D eigenvalue weighted by molar-refractivity contribution is -0.205. The molecule has 6 heteroatoms. The van der Waals surface area contributed by atoms with Crippen LogP contribution < -0.4 is 0 Å². The van der Waals surface area contributed by atoms with Crippen LogP contribution >= 0.6 is 0 Å². The summed E-state index contributed by atoms with van der Waals surface area (Å²) in [7, 11) is 0. The summed E-state index contributed by atoms with van der Waals surface area (Å²) in [4.78, 5) is 0. The molecule has 1 aliphatic heterocycles. The zero-order chi connectivity index (χ0) is 21.3. The molecule has 0 radical (unpaired) electrons. The minimum absolute atomic E-state index is 0.0114. The topological polar surface area (TPSA) is 18.5 Å². The zero-order valence-electron chi connectivity index (χ0n) is 16.3. The van der Waals surface area contributed by atoms with Crippen LogP contribution in [0.15, 0.2) is 54.6 Å². The van der Waals surface area contributed by atoms with Gasteiger partial charge < -0.3 is 9.47 Å². The van der Waals surface area contributed by atoms with Gasteiger partial charge in [0.05, 0.1) is 13.2 Å². The van der Waals surface area contributed by atoms with E-state index in [0.29, 0.717) is 24.7 Å². The molecule has 0 amide bonds. The maximum atomic E-state index is 14.6. The van der Waals surface area contributed by atoms with Crippen LogP contribution in [-0.2, 0) is 9.47 Å². The quantitative estimate of drug-likeness (QED) is 0.350. The van der Waals surface area contributed by atoms with Crippen molar-refractivity contribution in [3.8, 4) is 22.3 Å². The molecule has 1 aliphatic rings. The fourth-order valence-corrected chi connectivity index (χ4v) is 3.44. The van der Waals surface area contributed by atoms with Gasteiger partial charge in [0.1, 0.15) is 5.82 Å². The summed E-state index contributed by atoms with van der Waals surface area (Å²) in [5.74, 6) is -4.55. The highest BCUT2D eigenvalue weighted by molar-refractivity contribution is 5.71. The summed E-state index contributed by atoms with van der Waals surface area (Å²) in [5, 5.41) is 0. The molecule has 2 nitrogen and oxygen atoms in total. The number of hydrogen-bond acceptors (Lipinski definition) is 2. The molecule has 0 atom stereocenters. The Bertz CT molecular complexity index is 1020. The predicted octanol–water partition coefficient (Wildman–Crippen LogP) is 6.65. The van der Waals surface area contributed by atoms with Crippen LogP contribution in [0.5, 0.6) is 0 Å². The highest BCUT2D eigenvalue weighted by Crippen LogP contribution is 2.32. The van der Waals surface area contributed by atoms with Gasteiger partial charge in [0, 0.05) is 17.0 Å². The van der Waals surface area contributed by atoms with Crippen LogP contribution in [0.2, 0.25) is 0 Å². The Morgan fingerprint density at radius 1 is 0.733 bits per heavy atom. The average Bonchev–Trinajstić information content (AvgIpc) is 2.77. The minimum atomic E-state index is -1.58. The Hall–Kier alpha value is -2.70. The first-order valence-corrected chi connectivity index (χ1v) is 9.74. The fourth-order valence-electron chi connectivity index (χ4n) is 3.44. The molecule has 1 saturated heterocycles. The Labute approximate surface area is 172 Å². The standard InChI is InChI=1S/C24H20F4O2/c1-2-14-12-29-24(30-13-14)16-5-3-15(4-6-16)17-7-8-19(20(25)9-17)18-10-21(26)23(28)22(27)11-18/h3-11,14,24H,2,12-13H2,1H3. The summed E-state index contributed by atoms with van der Waals surface area (Å²) in [6.45, 7) is 3.40. The number of benzene rings is 3. The Balaban J connectivity index is 1.55. The third kappa shape index (κ3) is 4.11. The van der Waals surface area contributed by atoms with Crippen molar-refractivity contribution >= 4 is 0 Å². The van der Waals surface area contributed by atoms with Gasteiger partial charge in [0.25, 0.3) is 0 Å². The minimum Gasteiger partial charge on any atom is -0.348 e. The van der Waals surface area contributed by atoms with Gasteiger partial charge in [-0.2, -0.15) is 0 Å². The van der Waals surface area contributed by atoms with Gasteiger partial charge in [0.15, 0.2) is 23.7 Å². The number of hydrogen-bond donors (Lipinski definition) is 0. The van der Waals surface area contributed by atoms with Crippen molar-refractivity contribution < 1.29 is 27.0 Å². The maximum Gasteiger partial charge on any atom is 0.194 e. The van der Waals surface area contributed by atoms with Crippen LogP contribution in [0.1, 0.15) is 25.2 Å². The van der Waals surface area contributed by atoms with E-state index in [1.807, 2.05) is 24.3 Å². The SMILES string of the molecule is CCC1COC(c2ccc(-c3ccc(-c4cc(F)c(F)c(F)c4)c(F)c3)cc2)OC1. The third-order valence-corrected chi connectivity index (χ3v) is 5.32. The first-order valence-electron chi connectivity index (χ1n) is 9.74. The number of rotatable bonds is 4. The normalized spacial score (nSPS) is 19.1. The highest BCUT2D eigenvalue weighted by atomic mass is 19.2. The molecule has 0 aliphatic carbocycles. The lowest BCUT2D eigenvalue weighted by Crippen LogP contribution is -2.26. The van der Waals surface area contributed by atoms with E-state index in [4.69, 9.17) is 9.47 Å². The number of halogens is 4. The second-order valence-electron chi connectivity index (χ2n) is 7.34. The summed E-state index contributed by atoms with van der Waals surface area (Å²) < 4.78 is 66.3. The van der Waals surface area contributed by atoms with Crippen LogP contribution in [0.3, 0.4) is 0 Å². The van der Waals surface area contributed by atoms with Crippen molar-refractivity contribution in [3.05, 3.63) is 83.4 Å². The first-order chi connectivity index (χ1) is 14.5. The lowest BCUT2D eigenvalue weighted by atomic mass is 9.98. The molecule has 1 fully saturated rings. The van der Waals surface area contributed by atoms with Crippen LogP contribution in [-0.4, -0.2) is 13.2 Å². The largest absolute Gasteiger partial charge is 0.348 e. The molecular weight excluding hydrogens is 396 g/mol. The van der Waals surface area contributed by atoms with Crippen LogP contribution in [0.4, 0.5) is 17.6 Å². The van der Waals surface area contributed by atoms with Gasteiger partial charge in [-0.25, -0.2) is 17.6 Å². The molecular formula is C24H20F4O2. The van der Waals surface area contributed by atoms with E-state index in [2.05, 4.69) is 6.92 Å². The van der Waals surface area contributed by atoms with E-state index in [9.17, 15) is 17.6 Å². The molecule has 0 spiro atoms. The van der Waals surface area contributed by atoms with Gasteiger partial charge in [-0.3, -0.25) is 0 Å². The van der Waals surface area contributed by atoms with Gasteiger partial charge in [0.2, 0.25) is 0 Å². The van der Waals surface area contributed by atoms with Gasteiger partial charge in [-0.1, -0.05) is 43.3 Å². The van der Waals surface area contributed by atoms with E-state index in [1.54, 1.807) is 6.07 Å². The van der Waals surface area contributed by atoms with Crippen molar-refractivity contribution in [2.24, 2.45) is 5.92 Å². The first kappa shape index (κ1) is 20.6. The fraction of sp³-hybridized carbons (Fsp3) is 0.250. The van der Waals surface area contributed by atoms with Gasteiger partial charge in [-0.05, 0) is 41.3 Å². The molecule has 1 heterocycles. The molecule has 4 rings (SSSR count). The van der Waals surface area contributed by atoms with Gasteiger partial charge in [-0.15, -0.1) is 0 Å². The maximum absolute atomic E-state index is 14.6. The van der Waals surface area contributed by atoms with Crippen molar-refractivity contribution in [2.75, 3.05) is 13.2 Å². The smallest absolute Gasteiger partial charge is 0.194 e. The molecule has 0 aromatic heterocycles. The van der Waals surface area contributed by atoms with Crippen molar-refractivity contribution in [2.45, 2.75) is 19.6 Å². The van der Waals surface area contributed by atoms with Crippen LogP contribution in [0.25, 0.3) is 22.3 Å². The molecule has 0 saturated carbocycles. The summed E-state index contributed by atoms with van der Waals surface area (Å²) in [5.41, 5.74) is 2.17. The molecule has 0 unspecified atom stereocenters. The molecule has 3 aromatic carbocycles. The molecule has 30 heavy (non-hydrogen) atoms. The summed E-state index contributed by atoms with van der Waals surface area (Å²) in [6, 6.07) is 13.3. The van der Waals surface area contributed by atoms with E-state index in [0.717, 1.165) is 29.7 Å². The molecule has 0 bridgehead atoms. The second kappa shape index (κ2) is 8.58. The number of ether oxygens (including phenoxy) is 2. The summed E-state index contributed by atoms with van der Waals surface area (Å²) >= 11 is 0. The van der Waals surface area contributed by atoms with E-state index < -0.39 is 29.6 Å². The van der Waals surface area contributed by atoms with Crippen molar-refractivity contribution in [3.63, 3.8) is 0 Å². The Kier molecular flexibility index (Phi) is 5.88. The third-order valence-electron chi connectivity index (χ3n) is 5.32. The van der Waals surface area contributed by atoms with Crippen molar-refractivity contribution in [1.82, 2.24) is 0 Å². The monoisotopic (exact) mass is 416 g/mol. The Morgan fingerprint density at radius 2 is 1.30 bits per heavy atom.